The quantitative estimate of drug-likeness (QED) is 0.0536. The van der Waals surface area contributed by atoms with E-state index in [0.717, 1.165) is 93.8 Å². The largest absolute Gasteiger partial charge is 0.392 e. The van der Waals surface area contributed by atoms with Crippen LogP contribution in [0, 0.1) is 56.2 Å². The number of ether oxygens (including phenoxy) is 2. The fourth-order valence-corrected chi connectivity index (χ4v) is 22.7. The fraction of sp³-hybridized carbons (Fsp3) is 0.722. The molecule has 1 spiro atoms. The highest BCUT2D eigenvalue weighted by atomic mass is 16.6. The molecule has 15 atom stereocenters. The van der Waals surface area contributed by atoms with Gasteiger partial charge in [-0.25, -0.2) is 0 Å². The minimum atomic E-state index is -0.933. The van der Waals surface area contributed by atoms with Crippen molar-refractivity contribution in [3.05, 3.63) is 93.1 Å². The van der Waals surface area contributed by atoms with Crippen LogP contribution in [-0.4, -0.2) is 92.1 Å². The van der Waals surface area contributed by atoms with Gasteiger partial charge < -0.3 is 44.6 Å². The number of nitrogens with one attached hydrogen (secondary N) is 3. The zero-order valence-electron chi connectivity index (χ0n) is 51.9. The van der Waals surface area contributed by atoms with E-state index < -0.39 is 56.4 Å². The lowest BCUT2D eigenvalue weighted by Crippen LogP contribution is -2.74. The number of aromatic nitrogens is 3. The number of hydrogen-bond donors (Lipinski definition) is 6. The molecule has 11 nitrogen and oxygen atoms in total. The normalized spacial score (nSPS) is 40.0. The van der Waals surface area contributed by atoms with Crippen molar-refractivity contribution >= 4 is 22.6 Å². The molecule has 7 fully saturated rings. The third-order valence-corrected chi connectivity index (χ3v) is 26.9. The number of ketones is 2. The number of H-pyrrole nitrogens is 2. The number of Topliss-reactive ketones (excluding diaryl/α,β-unsaturated/α-hetero) is 2. The standard InChI is InChI=1S/C72H100N4O7/c1-10-11-13-18-51-61(79)56-54-50(60(78)62-68(6,69(51,54)7)24-21-53-67(5,26-30-73-9)63(80)55-49-22-29-74-57(49)44-20-25-71(55,37-44)70(53,62)8)41-76-40-47(58-59(76)45(39-75-58)19-23-66(56,4)38-52(77)64-65(2,3)83-64)34-42-33-46(43-16-14-12-15-17-43)36-48(35-42)72(81)27-31-82-32-28-72/h22,29,33,35-36,39-40,43-44,50-53,55,60,62,64,73-75,77-78,81H,10-21,23-28,30-32,34,37-38,41H2,1-9H3. The first-order chi connectivity index (χ1) is 39.6. The predicted octanol–water partition coefficient (Wildman–Crippen LogP) is 13.2. The minimum absolute atomic E-state index is 0.0415. The van der Waals surface area contributed by atoms with Gasteiger partial charge in [-0.1, -0.05) is 98.3 Å². The Labute approximate surface area is 494 Å². The number of aryl methyl sites for hydroxylation is 1. The van der Waals surface area contributed by atoms with Crippen molar-refractivity contribution in [1.82, 2.24) is 19.9 Å². The second-order valence-electron chi connectivity index (χ2n) is 31.2. The molecule has 450 valence electrons. The number of hydrogen-bond acceptors (Lipinski definition) is 8. The molecule has 15 unspecified atom stereocenters. The van der Waals surface area contributed by atoms with E-state index in [1.165, 1.54) is 76.7 Å². The number of carbonyl (C=O) groups excluding carboxylic acids is 2. The Morgan fingerprint density at radius 1 is 0.904 bits per heavy atom. The maximum Gasteiger partial charge on any atom is 0.163 e. The summed E-state index contributed by atoms with van der Waals surface area (Å²) in [4.78, 5) is 40.5. The smallest absolute Gasteiger partial charge is 0.163 e. The van der Waals surface area contributed by atoms with Crippen LogP contribution in [0.15, 0.2) is 54.0 Å². The number of aliphatic hydroxyl groups is 3. The molecule has 0 radical (unpaired) electrons. The Bertz CT molecular complexity index is 3240. The lowest BCUT2D eigenvalue weighted by Gasteiger charge is -2.76. The Morgan fingerprint density at radius 3 is 2.41 bits per heavy atom. The Morgan fingerprint density at radius 2 is 1.67 bits per heavy atom. The summed E-state index contributed by atoms with van der Waals surface area (Å²) in [5, 5.41) is 43.2. The van der Waals surface area contributed by atoms with Gasteiger partial charge >= 0.3 is 0 Å². The van der Waals surface area contributed by atoms with Gasteiger partial charge in [-0.2, -0.15) is 0 Å². The average molecular weight is 1130 g/mol. The molecule has 6 N–H and O–H groups in total. The topological polar surface area (TPSA) is 165 Å². The highest BCUT2D eigenvalue weighted by Gasteiger charge is 2.81. The molecule has 10 aliphatic rings. The summed E-state index contributed by atoms with van der Waals surface area (Å²) in [7, 11) is 2.02. The van der Waals surface area contributed by atoms with Crippen molar-refractivity contribution < 1.29 is 34.4 Å². The molecule has 5 saturated carbocycles. The van der Waals surface area contributed by atoms with Gasteiger partial charge in [-0.05, 0) is 195 Å². The van der Waals surface area contributed by atoms with Crippen LogP contribution < -0.4 is 5.32 Å². The third-order valence-electron chi connectivity index (χ3n) is 26.9. The minimum Gasteiger partial charge on any atom is -0.392 e. The van der Waals surface area contributed by atoms with E-state index in [9.17, 15) is 15.3 Å². The van der Waals surface area contributed by atoms with Crippen LogP contribution in [0.2, 0.25) is 0 Å². The number of aromatic amines is 2. The highest BCUT2D eigenvalue weighted by Crippen LogP contribution is 2.84. The number of carbonyl (C=O) groups is 2. The van der Waals surface area contributed by atoms with Crippen molar-refractivity contribution in [3.8, 4) is 0 Å². The summed E-state index contributed by atoms with van der Waals surface area (Å²) >= 11 is 0. The fourth-order valence-electron chi connectivity index (χ4n) is 22.7. The van der Waals surface area contributed by atoms with E-state index in [4.69, 9.17) is 9.47 Å². The van der Waals surface area contributed by atoms with E-state index in [0.29, 0.717) is 69.5 Å². The molecular formula is C72H100N4O7. The van der Waals surface area contributed by atoms with Crippen LogP contribution in [0.4, 0.5) is 0 Å². The van der Waals surface area contributed by atoms with Gasteiger partial charge in [0.15, 0.2) is 5.78 Å². The molecule has 6 heterocycles. The Kier molecular flexibility index (Phi) is 13.6. The molecule has 11 heteroatoms. The van der Waals surface area contributed by atoms with E-state index >= 15 is 9.59 Å². The number of allylic oxidation sites excluding steroid dienone is 1. The van der Waals surface area contributed by atoms with Crippen molar-refractivity contribution in [1.29, 1.82) is 0 Å². The van der Waals surface area contributed by atoms with E-state index in [-0.39, 0.29) is 41.0 Å². The first-order valence-corrected chi connectivity index (χ1v) is 33.4. The van der Waals surface area contributed by atoms with E-state index in [2.05, 4.69) is 118 Å². The molecule has 3 aliphatic heterocycles. The van der Waals surface area contributed by atoms with Gasteiger partial charge in [0.05, 0.1) is 40.4 Å². The maximum atomic E-state index is 16.8. The number of rotatable bonds is 14. The van der Waals surface area contributed by atoms with Gasteiger partial charge in [0.1, 0.15) is 11.9 Å². The number of aliphatic hydroxyl groups excluding tert-OH is 2. The molecule has 2 bridgehead atoms. The molecule has 14 rings (SSSR count). The Balaban J connectivity index is 0.973. The maximum absolute atomic E-state index is 16.8. The SMILES string of the molecule is CCCCCC1C(=O)C2=C3C(Cn4cc(Cc5cc(C6CCCCC6)cc(C6(O)CCOCC6)c5)c5[nH]cc(c54)CCC2(C)CC(O)C2OC2(C)C)C(O)C2C(C)(CCC4C(C)(CCNC)C(=O)C5c6cc[nH]c6C6CCC5(C6)C42C)C31C. The van der Waals surface area contributed by atoms with Gasteiger partial charge in [0, 0.05) is 91.5 Å². The van der Waals surface area contributed by atoms with E-state index in [1.807, 2.05) is 7.05 Å². The van der Waals surface area contributed by atoms with Crippen LogP contribution in [0.3, 0.4) is 0 Å². The van der Waals surface area contributed by atoms with Crippen molar-refractivity contribution in [2.24, 2.45) is 56.2 Å². The lowest BCUT2D eigenvalue weighted by molar-refractivity contribution is -0.271. The summed E-state index contributed by atoms with van der Waals surface area (Å²) < 4.78 is 14.6. The van der Waals surface area contributed by atoms with Crippen LogP contribution in [0.1, 0.15) is 234 Å². The van der Waals surface area contributed by atoms with E-state index in [1.54, 1.807) is 0 Å². The van der Waals surface area contributed by atoms with Crippen LogP contribution >= 0.6 is 0 Å². The van der Waals surface area contributed by atoms with Crippen molar-refractivity contribution in [2.75, 3.05) is 26.8 Å². The number of unbranched alkanes of at least 4 members (excludes halogenated alkanes) is 2. The van der Waals surface area contributed by atoms with Crippen LogP contribution in [0.5, 0.6) is 0 Å². The van der Waals surface area contributed by atoms with Crippen LogP contribution in [0.25, 0.3) is 11.0 Å². The molecule has 4 aromatic rings. The van der Waals surface area contributed by atoms with Gasteiger partial charge in [-0.15, -0.1) is 0 Å². The average Bonchev–Trinajstić information content (AvgIpc) is 1.68. The second-order valence-corrected chi connectivity index (χ2v) is 31.2. The molecule has 83 heavy (non-hydrogen) atoms. The predicted molar refractivity (Wildman–Crippen MR) is 325 cm³/mol. The molecule has 0 amide bonds. The lowest BCUT2D eigenvalue weighted by atomic mass is 9.27. The zero-order chi connectivity index (χ0) is 58.0. The molecular weight excluding hydrogens is 1030 g/mol. The Hall–Kier alpha value is -3.84. The highest BCUT2D eigenvalue weighted by molar-refractivity contribution is 6.04. The summed E-state index contributed by atoms with van der Waals surface area (Å²) in [6.45, 7) is 21.0. The van der Waals surface area contributed by atoms with Gasteiger partial charge in [0.25, 0.3) is 0 Å². The number of epoxide rings is 1. The number of fused-ring (bicyclic) bond motifs is 8. The zero-order valence-corrected chi connectivity index (χ0v) is 51.9. The summed E-state index contributed by atoms with van der Waals surface area (Å²) in [6.07, 6.45) is 23.8. The molecule has 7 aliphatic carbocycles. The summed E-state index contributed by atoms with van der Waals surface area (Å²) in [5.41, 5.74) is 8.16. The first kappa shape index (κ1) is 56.9. The van der Waals surface area contributed by atoms with Crippen molar-refractivity contribution in [2.45, 2.75) is 244 Å². The monoisotopic (exact) mass is 1130 g/mol. The second kappa shape index (κ2) is 19.8. The third kappa shape index (κ3) is 7.99. The van der Waals surface area contributed by atoms with Gasteiger partial charge in [0.2, 0.25) is 0 Å². The molecule has 3 aromatic heterocycles. The number of nitrogens with zero attached hydrogens (tertiary/aromatic N) is 1. The molecule has 2 saturated heterocycles. The van der Waals surface area contributed by atoms with Crippen molar-refractivity contribution in [3.63, 3.8) is 0 Å². The summed E-state index contributed by atoms with van der Waals surface area (Å²) in [5.74, 6) is 0.333. The number of benzene rings is 1. The van der Waals surface area contributed by atoms with Gasteiger partial charge in [-0.3, -0.25) is 9.59 Å². The summed E-state index contributed by atoms with van der Waals surface area (Å²) in [6, 6.07) is 9.31. The van der Waals surface area contributed by atoms with Crippen LogP contribution in [-0.2, 0) is 44.1 Å². The molecule has 1 aromatic carbocycles. The first-order valence-electron chi connectivity index (χ1n) is 33.4.